The van der Waals surface area contributed by atoms with E-state index >= 15 is 0 Å². The summed E-state index contributed by atoms with van der Waals surface area (Å²) < 4.78 is 7.32. The van der Waals surface area contributed by atoms with Crippen LogP contribution in [0.3, 0.4) is 0 Å². The van der Waals surface area contributed by atoms with Crippen molar-refractivity contribution < 1.29 is 4.74 Å². The molecule has 2 aromatic carbocycles. The molecule has 0 aliphatic carbocycles. The van der Waals surface area contributed by atoms with Crippen molar-refractivity contribution in [2.75, 3.05) is 26.7 Å². The van der Waals surface area contributed by atoms with Crippen LogP contribution in [0.4, 0.5) is 0 Å². The second-order valence-corrected chi connectivity index (χ2v) is 8.04. The molecule has 5 heteroatoms. The summed E-state index contributed by atoms with van der Waals surface area (Å²) in [6.45, 7) is 6.16. The van der Waals surface area contributed by atoms with E-state index in [0.717, 1.165) is 30.2 Å². The molecule has 158 valence electrons. The number of ether oxygens (including phenoxy) is 1. The molecule has 1 N–H and O–H groups in total. The van der Waals surface area contributed by atoms with Crippen molar-refractivity contribution in [3.63, 3.8) is 0 Å². The fourth-order valence-electron chi connectivity index (χ4n) is 4.24. The summed E-state index contributed by atoms with van der Waals surface area (Å²) in [5, 5.41) is 8.40. The first-order valence-corrected chi connectivity index (χ1v) is 10.9. The second kappa shape index (κ2) is 9.92. The minimum Gasteiger partial charge on any atom is -0.497 e. The first-order valence-electron chi connectivity index (χ1n) is 10.9. The Morgan fingerprint density at radius 3 is 2.43 bits per heavy atom. The van der Waals surface area contributed by atoms with Gasteiger partial charge in [-0.05, 0) is 62.7 Å². The molecule has 0 saturated carbocycles. The van der Waals surface area contributed by atoms with Crippen LogP contribution >= 0.6 is 0 Å². The summed E-state index contributed by atoms with van der Waals surface area (Å²) in [5.41, 5.74) is 4.76. The average molecular weight is 405 g/mol. The summed E-state index contributed by atoms with van der Waals surface area (Å²) in [4.78, 5) is 2.62. The molecule has 5 nitrogen and oxygen atoms in total. The van der Waals surface area contributed by atoms with Crippen LogP contribution in [0.2, 0.25) is 0 Å². The van der Waals surface area contributed by atoms with Crippen molar-refractivity contribution in [2.24, 2.45) is 0 Å². The van der Waals surface area contributed by atoms with Crippen LogP contribution in [0.25, 0.3) is 5.69 Å². The van der Waals surface area contributed by atoms with Gasteiger partial charge in [-0.3, -0.25) is 4.90 Å². The van der Waals surface area contributed by atoms with E-state index in [-0.39, 0.29) is 0 Å². The largest absolute Gasteiger partial charge is 0.497 e. The number of para-hydroxylation sites is 1. The predicted molar refractivity (Wildman–Crippen MR) is 121 cm³/mol. The van der Waals surface area contributed by atoms with Gasteiger partial charge in [-0.15, -0.1) is 0 Å². The van der Waals surface area contributed by atoms with E-state index in [1.165, 1.54) is 43.5 Å². The number of methoxy groups -OCH3 is 1. The molecule has 2 heterocycles. The SMILES string of the molecule is COc1ccc(C(CNCc2cn(-c3ccccc3)nc2C)N2CCCCC2)cc1. The molecule has 1 aromatic heterocycles. The van der Waals surface area contributed by atoms with Gasteiger partial charge in [-0.25, -0.2) is 4.68 Å². The van der Waals surface area contributed by atoms with Crippen LogP contribution in [0.5, 0.6) is 5.75 Å². The second-order valence-electron chi connectivity index (χ2n) is 8.04. The number of rotatable bonds is 8. The topological polar surface area (TPSA) is 42.3 Å². The number of hydrogen-bond donors (Lipinski definition) is 1. The molecule has 1 fully saturated rings. The highest BCUT2D eigenvalue weighted by molar-refractivity contribution is 5.33. The Morgan fingerprint density at radius 1 is 1.00 bits per heavy atom. The first kappa shape index (κ1) is 20.6. The van der Waals surface area contributed by atoms with Gasteiger partial charge in [0, 0.05) is 30.9 Å². The lowest BCUT2D eigenvalue weighted by Gasteiger charge is -2.35. The fraction of sp³-hybridized carbons (Fsp3) is 0.400. The number of benzene rings is 2. The maximum absolute atomic E-state index is 5.35. The monoisotopic (exact) mass is 404 g/mol. The van der Waals surface area contributed by atoms with Gasteiger partial charge in [0.1, 0.15) is 5.75 Å². The highest BCUT2D eigenvalue weighted by Gasteiger charge is 2.22. The number of nitrogens with zero attached hydrogens (tertiary/aromatic N) is 3. The molecule has 3 aromatic rings. The third-order valence-corrected chi connectivity index (χ3v) is 6.01. The molecule has 0 radical (unpaired) electrons. The molecule has 0 amide bonds. The van der Waals surface area contributed by atoms with Crippen molar-refractivity contribution >= 4 is 0 Å². The lowest BCUT2D eigenvalue weighted by molar-refractivity contribution is 0.160. The van der Waals surface area contributed by atoms with Crippen molar-refractivity contribution in [2.45, 2.75) is 38.8 Å². The van der Waals surface area contributed by atoms with Crippen molar-refractivity contribution in [1.29, 1.82) is 0 Å². The molecule has 1 saturated heterocycles. The van der Waals surface area contributed by atoms with Gasteiger partial charge in [-0.1, -0.05) is 36.8 Å². The van der Waals surface area contributed by atoms with Gasteiger partial charge in [0.25, 0.3) is 0 Å². The van der Waals surface area contributed by atoms with Crippen molar-refractivity contribution in [3.8, 4) is 11.4 Å². The molecule has 0 spiro atoms. The zero-order valence-corrected chi connectivity index (χ0v) is 18.1. The van der Waals surface area contributed by atoms with Gasteiger partial charge >= 0.3 is 0 Å². The highest BCUT2D eigenvalue weighted by atomic mass is 16.5. The molecule has 0 bridgehead atoms. The summed E-state index contributed by atoms with van der Waals surface area (Å²) in [5.74, 6) is 0.910. The molecular formula is C25H32N4O. The summed E-state index contributed by atoms with van der Waals surface area (Å²) in [6, 6.07) is 19.2. The van der Waals surface area contributed by atoms with Crippen molar-refractivity contribution in [1.82, 2.24) is 20.0 Å². The van der Waals surface area contributed by atoms with Gasteiger partial charge in [0.15, 0.2) is 0 Å². The number of aryl methyl sites for hydroxylation is 1. The number of aromatic nitrogens is 2. The zero-order valence-electron chi connectivity index (χ0n) is 18.1. The highest BCUT2D eigenvalue weighted by Crippen LogP contribution is 2.26. The standard InChI is InChI=1S/C25H32N4O/c1-20-22(19-29(27-20)23-9-5-3-6-10-23)17-26-18-25(28-15-7-4-8-16-28)21-11-13-24(30-2)14-12-21/h3,5-6,9-14,19,25-26H,4,7-8,15-18H2,1-2H3. The quantitative estimate of drug-likeness (QED) is 0.600. The maximum atomic E-state index is 5.35. The number of nitrogens with one attached hydrogen (secondary N) is 1. The van der Waals surface area contributed by atoms with Gasteiger partial charge in [0.2, 0.25) is 0 Å². The molecule has 1 aliphatic heterocycles. The van der Waals surface area contributed by atoms with E-state index in [4.69, 9.17) is 9.84 Å². The van der Waals surface area contributed by atoms with E-state index < -0.39 is 0 Å². The van der Waals surface area contributed by atoms with Crippen LogP contribution in [-0.2, 0) is 6.54 Å². The van der Waals surface area contributed by atoms with Crippen LogP contribution in [-0.4, -0.2) is 41.4 Å². The Kier molecular flexibility index (Phi) is 6.82. The zero-order chi connectivity index (χ0) is 20.8. The van der Waals surface area contributed by atoms with Crippen LogP contribution in [0, 0.1) is 6.92 Å². The molecule has 4 rings (SSSR count). The minimum atomic E-state index is 0.376. The predicted octanol–water partition coefficient (Wildman–Crippen LogP) is 4.51. The Balaban J connectivity index is 1.44. The Bertz CT molecular complexity index is 914. The van der Waals surface area contributed by atoms with E-state index in [2.05, 4.69) is 59.7 Å². The van der Waals surface area contributed by atoms with E-state index in [1.54, 1.807) is 7.11 Å². The summed E-state index contributed by atoms with van der Waals surface area (Å²) >= 11 is 0. The Hall–Kier alpha value is -2.63. The molecular weight excluding hydrogens is 372 g/mol. The molecule has 30 heavy (non-hydrogen) atoms. The smallest absolute Gasteiger partial charge is 0.118 e. The average Bonchev–Trinajstić information content (AvgIpc) is 3.18. The fourth-order valence-corrected chi connectivity index (χ4v) is 4.24. The number of hydrogen-bond acceptors (Lipinski definition) is 4. The number of piperidine rings is 1. The molecule has 1 atom stereocenters. The summed E-state index contributed by atoms with van der Waals surface area (Å²) in [7, 11) is 1.72. The van der Waals surface area contributed by atoms with Crippen molar-refractivity contribution in [3.05, 3.63) is 77.6 Å². The minimum absolute atomic E-state index is 0.376. The van der Waals surface area contributed by atoms with Crippen LogP contribution in [0.15, 0.2) is 60.8 Å². The van der Waals surface area contributed by atoms with Gasteiger partial charge in [-0.2, -0.15) is 5.10 Å². The van der Waals surface area contributed by atoms with Gasteiger partial charge < -0.3 is 10.1 Å². The third kappa shape index (κ3) is 4.91. The van der Waals surface area contributed by atoms with Gasteiger partial charge in [0.05, 0.1) is 18.5 Å². The van der Waals surface area contributed by atoms with Crippen LogP contribution in [0.1, 0.15) is 42.1 Å². The Morgan fingerprint density at radius 2 is 1.73 bits per heavy atom. The number of likely N-dealkylation sites (tertiary alicyclic amines) is 1. The van der Waals surface area contributed by atoms with Crippen LogP contribution < -0.4 is 10.1 Å². The molecule has 1 unspecified atom stereocenters. The maximum Gasteiger partial charge on any atom is 0.118 e. The third-order valence-electron chi connectivity index (χ3n) is 6.01. The normalized spacial score (nSPS) is 15.8. The molecule has 1 aliphatic rings. The van der Waals surface area contributed by atoms with E-state index in [9.17, 15) is 0 Å². The lowest BCUT2D eigenvalue weighted by atomic mass is 10.0. The Labute approximate surface area is 179 Å². The first-order chi connectivity index (χ1) is 14.7. The lowest BCUT2D eigenvalue weighted by Crippen LogP contribution is -2.39. The summed E-state index contributed by atoms with van der Waals surface area (Å²) in [6.07, 6.45) is 6.06. The van der Waals surface area contributed by atoms with E-state index in [0.29, 0.717) is 6.04 Å². The van der Waals surface area contributed by atoms with E-state index in [1.807, 2.05) is 22.9 Å².